The van der Waals surface area contributed by atoms with Crippen molar-refractivity contribution in [1.29, 1.82) is 0 Å². The van der Waals surface area contributed by atoms with E-state index in [1.54, 1.807) is 0 Å². The molecule has 3 nitrogen and oxygen atoms in total. The lowest BCUT2D eigenvalue weighted by atomic mass is 10.2. The summed E-state index contributed by atoms with van der Waals surface area (Å²) in [6, 6.07) is 3.43. The largest absolute Gasteiger partial charge is 0.493 e. The van der Waals surface area contributed by atoms with Crippen LogP contribution in [-0.4, -0.2) is 32.3 Å². The summed E-state index contributed by atoms with van der Waals surface area (Å²) in [5.74, 6) is -0.379. The van der Waals surface area contributed by atoms with Gasteiger partial charge in [0.15, 0.2) is 6.29 Å². The van der Waals surface area contributed by atoms with Crippen LogP contribution in [-0.2, 0) is 4.74 Å². The standard InChI is InChI=1S/C12H12F4O3/c13-10-2-3-11(9(6-10)7-17)19-5-1-4-18-8-12(14,15)16/h2-3,6-7H,1,4-5,8H2. The molecule has 1 aromatic carbocycles. The molecule has 1 rings (SSSR count). The fourth-order valence-electron chi connectivity index (χ4n) is 1.27. The third-order valence-corrected chi connectivity index (χ3v) is 2.06. The maximum absolute atomic E-state index is 12.8. The number of halogens is 4. The van der Waals surface area contributed by atoms with E-state index in [0.29, 0.717) is 6.29 Å². The van der Waals surface area contributed by atoms with Gasteiger partial charge in [-0.1, -0.05) is 0 Å². The summed E-state index contributed by atoms with van der Waals surface area (Å²) < 4.78 is 57.5. The molecule has 0 heterocycles. The first kappa shape index (κ1) is 15.4. The first-order valence-electron chi connectivity index (χ1n) is 5.44. The molecule has 0 aliphatic heterocycles. The highest BCUT2D eigenvalue weighted by Crippen LogP contribution is 2.18. The second-order valence-electron chi connectivity index (χ2n) is 3.67. The Hall–Kier alpha value is -1.63. The van der Waals surface area contributed by atoms with Crippen LogP contribution >= 0.6 is 0 Å². The third kappa shape index (κ3) is 6.19. The normalized spacial score (nSPS) is 11.4. The van der Waals surface area contributed by atoms with Crippen molar-refractivity contribution in [2.75, 3.05) is 19.8 Å². The number of aldehydes is 1. The van der Waals surface area contributed by atoms with Crippen molar-refractivity contribution in [2.45, 2.75) is 12.6 Å². The van der Waals surface area contributed by atoms with E-state index in [-0.39, 0.29) is 30.9 Å². The Morgan fingerprint density at radius 2 is 1.95 bits per heavy atom. The lowest BCUT2D eigenvalue weighted by molar-refractivity contribution is -0.174. The highest BCUT2D eigenvalue weighted by atomic mass is 19.4. The number of alkyl halides is 3. The second-order valence-corrected chi connectivity index (χ2v) is 3.67. The number of hydrogen-bond acceptors (Lipinski definition) is 3. The molecule has 0 aliphatic carbocycles. The van der Waals surface area contributed by atoms with E-state index in [2.05, 4.69) is 4.74 Å². The molecule has 0 radical (unpaired) electrons. The molecule has 19 heavy (non-hydrogen) atoms. The van der Waals surface area contributed by atoms with Gasteiger partial charge >= 0.3 is 6.18 Å². The van der Waals surface area contributed by atoms with Crippen molar-refractivity contribution in [3.63, 3.8) is 0 Å². The molecule has 0 saturated carbocycles. The smallest absolute Gasteiger partial charge is 0.411 e. The Labute approximate surface area is 107 Å². The summed E-state index contributed by atoms with van der Waals surface area (Å²) in [6.07, 6.45) is -3.67. The van der Waals surface area contributed by atoms with Crippen LogP contribution in [0.3, 0.4) is 0 Å². The number of carbonyl (C=O) groups excluding carboxylic acids is 1. The van der Waals surface area contributed by atoms with Crippen LogP contribution in [0.4, 0.5) is 17.6 Å². The molecule has 0 amide bonds. The van der Waals surface area contributed by atoms with Crippen molar-refractivity contribution in [3.8, 4) is 5.75 Å². The molecule has 1 aromatic rings. The Morgan fingerprint density at radius 3 is 2.58 bits per heavy atom. The van der Waals surface area contributed by atoms with Crippen LogP contribution in [0.5, 0.6) is 5.75 Å². The van der Waals surface area contributed by atoms with Crippen molar-refractivity contribution in [3.05, 3.63) is 29.6 Å². The van der Waals surface area contributed by atoms with Crippen LogP contribution in [0.15, 0.2) is 18.2 Å². The van der Waals surface area contributed by atoms with Crippen LogP contribution in [0.1, 0.15) is 16.8 Å². The van der Waals surface area contributed by atoms with Gasteiger partial charge in [0.25, 0.3) is 0 Å². The zero-order valence-electron chi connectivity index (χ0n) is 9.87. The minimum absolute atomic E-state index is 0.0520. The fraction of sp³-hybridized carbons (Fsp3) is 0.417. The van der Waals surface area contributed by atoms with E-state index in [0.717, 1.165) is 12.1 Å². The SMILES string of the molecule is O=Cc1cc(F)ccc1OCCCOCC(F)(F)F. The lowest BCUT2D eigenvalue weighted by Gasteiger charge is -2.09. The number of benzene rings is 1. The van der Waals surface area contributed by atoms with Crippen LogP contribution in [0, 0.1) is 5.82 Å². The van der Waals surface area contributed by atoms with Crippen molar-refractivity contribution >= 4 is 6.29 Å². The molecule has 0 spiro atoms. The summed E-state index contributed by atoms with van der Waals surface area (Å²) in [7, 11) is 0. The number of carbonyl (C=O) groups is 1. The van der Waals surface area contributed by atoms with Gasteiger partial charge in [-0.2, -0.15) is 13.2 Å². The average Bonchev–Trinajstić information content (AvgIpc) is 2.33. The van der Waals surface area contributed by atoms with Gasteiger partial charge in [-0.25, -0.2) is 4.39 Å². The predicted molar refractivity (Wildman–Crippen MR) is 58.8 cm³/mol. The monoisotopic (exact) mass is 280 g/mol. The molecule has 0 bridgehead atoms. The van der Waals surface area contributed by atoms with Gasteiger partial charge in [0, 0.05) is 6.42 Å². The molecule has 0 unspecified atom stereocenters. The molecule has 7 heteroatoms. The highest BCUT2D eigenvalue weighted by Gasteiger charge is 2.27. The minimum Gasteiger partial charge on any atom is -0.493 e. The summed E-state index contributed by atoms with van der Waals surface area (Å²) in [5, 5.41) is 0. The highest BCUT2D eigenvalue weighted by molar-refractivity contribution is 5.79. The maximum atomic E-state index is 12.8. The van der Waals surface area contributed by atoms with E-state index >= 15 is 0 Å². The number of ether oxygens (including phenoxy) is 2. The molecule has 106 valence electrons. The molecule has 0 atom stereocenters. The van der Waals surface area contributed by atoms with Crippen LogP contribution in [0.25, 0.3) is 0 Å². The average molecular weight is 280 g/mol. The van der Waals surface area contributed by atoms with E-state index in [4.69, 9.17) is 4.74 Å². The Bertz CT molecular complexity index is 418. The second kappa shape index (κ2) is 7.08. The maximum Gasteiger partial charge on any atom is 0.411 e. The van der Waals surface area contributed by atoms with Crippen molar-refractivity contribution in [1.82, 2.24) is 0 Å². The van der Waals surface area contributed by atoms with Gasteiger partial charge in [0.05, 0.1) is 18.8 Å². The zero-order chi connectivity index (χ0) is 14.3. The molecular formula is C12H12F4O3. The first-order chi connectivity index (χ1) is 8.92. The summed E-state index contributed by atoms with van der Waals surface area (Å²) in [5.41, 5.74) is 0.0520. The van der Waals surface area contributed by atoms with Crippen LogP contribution < -0.4 is 4.74 Å². The summed E-state index contributed by atoms with van der Waals surface area (Å²) in [4.78, 5) is 10.6. The zero-order valence-corrected chi connectivity index (χ0v) is 9.87. The van der Waals surface area contributed by atoms with Gasteiger partial charge in [0.2, 0.25) is 0 Å². The molecule has 0 fully saturated rings. The molecule has 0 saturated heterocycles. The minimum atomic E-state index is -4.34. The van der Waals surface area contributed by atoms with Crippen LogP contribution in [0.2, 0.25) is 0 Å². The predicted octanol–water partition coefficient (Wildman–Crippen LogP) is 2.99. The van der Waals surface area contributed by atoms with E-state index in [1.165, 1.54) is 6.07 Å². The fourth-order valence-corrected chi connectivity index (χ4v) is 1.27. The molecule has 0 aromatic heterocycles. The van der Waals surface area contributed by atoms with Gasteiger partial charge in [0.1, 0.15) is 18.2 Å². The van der Waals surface area contributed by atoms with Crippen molar-refractivity contribution < 1.29 is 31.8 Å². The van der Waals surface area contributed by atoms with Crippen molar-refractivity contribution in [2.24, 2.45) is 0 Å². The summed E-state index contributed by atoms with van der Waals surface area (Å²) in [6.45, 7) is -1.34. The van der Waals surface area contributed by atoms with E-state index in [1.807, 2.05) is 0 Å². The van der Waals surface area contributed by atoms with Gasteiger partial charge in [-0.3, -0.25) is 4.79 Å². The Kier molecular flexibility index (Phi) is 5.75. The molecular weight excluding hydrogens is 268 g/mol. The third-order valence-electron chi connectivity index (χ3n) is 2.06. The van der Waals surface area contributed by atoms with E-state index in [9.17, 15) is 22.4 Å². The van der Waals surface area contributed by atoms with Gasteiger partial charge in [-0.05, 0) is 18.2 Å². The Balaban J connectivity index is 2.28. The molecule has 0 aliphatic rings. The van der Waals surface area contributed by atoms with E-state index < -0.39 is 18.6 Å². The quantitative estimate of drug-likeness (QED) is 0.437. The Morgan fingerprint density at radius 1 is 1.21 bits per heavy atom. The molecule has 0 N–H and O–H groups in total. The van der Waals surface area contributed by atoms with Gasteiger partial charge < -0.3 is 9.47 Å². The topological polar surface area (TPSA) is 35.5 Å². The lowest BCUT2D eigenvalue weighted by Crippen LogP contribution is -2.18. The number of rotatable bonds is 7. The first-order valence-corrected chi connectivity index (χ1v) is 5.44. The summed E-state index contributed by atoms with van der Waals surface area (Å²) >= 11 is 0. The van der Waals surface area contributed by atoms with Gasteiger partial charge in [-0.15, -0.1) is 0 Å². The number of hydrogen-bond donors (Lipinski definition) is 0.